The van der Waals surface area contributed by atoms with Gasteiger partial charge in [-0.15, -0.1) is 0 Å². The number of nitrogen functional groups attached to an aromatic ring is 1. The first-order chi connectivity index (χ1) is 8.65. The van der Waals surface area contributed by atoms with Crippen LogP contribution in [0.3, 0.4) is 0 Å². The number of nitrogens with one attached hydrogen (secondary N) is 1. The van der Waals surface area contributed by atoms with Crippen molar-refractivity contribution >= 4 is 17.3 Å². The van der Waals surface area contributed by atoms with Crippen LogP contribution in [0, 0.1) is 0 Å². The van der Waals surface area contributed by atoms with Crippen molar-refractivity contribution in [3.8, 4) is 0 Å². The molecule has 0 aromatic heterocycles. The van der Waals surface area contributed by atoms with Gasteiger partial charge in [-0.3, -0.25) is 4.79 Å². The monoisotopic (exact) mass is 249 g/mol. The SMILES string of the molecule is CNC(=O)c1ccc(N2CCC(OC)C2)c(N)c1. The van der Waals surface area contributed by atoms with Gasteiger partial charge in [0.15, 0.2) is 0 Å². The fourth-order valence-electron chi connectivity index (χ4n) is 2.27. The van der Waals surface area contributed by atoms with Crippen LogP contribution in [0.1, 0.15) is 16.8 Å². The highest BCUT2D eigenvalue weighted by molar-refractivity contribution is 5.96. The minimum Gasteiger partial charge on any atom is -0.397 e. The Morgan fingerprint density at radius 1 is 1.56 bits per heavy atom. The van der Waals surface area contributed by atoms with E-state index in [4.69, 9.17) is 10.5 Å². The molecule has 1 fully saturated rings. The summed E-state index contributed by atoms with van der Waals surface area (Å²) in [5.74, 6) is -0.121. The van der Waals surface area contributed by atoms with E-state index in [2.05, 4.69) is 10.2 Å². The van der Waals surface area contributed by atoms with E-state index >= 15 is 0 Å². The molecule has 1 amide bonds. The molecule has 1 unspecified atom stereocenters. The standard InChI is InChI=1S/C13H19N3O2/c1-15-13(17)9-3-4-12(11(14)7-9)16-6-5-10(8-16)18-2/h3-4,7,10H,5-6,8,14H2,1-2H3,(H,15,17). The van der Waals surface area contributed by atoms with Crippen LogP contribution in [-0.2, 0) is 4.74 Å². The fraction of sp³-hybridized carbons (Fsp3) is 0.462. The van der Waals surface area contributed by atoms with Crippen molar-refractivity contribution in [1.29, 1.82) is 0 Å². The van der Waals surface area contributed by atoms with Crippen molar-refractivity contribution < 1.29 is 9.53 Å². The van der Waals surface area contributed by atoms with Gasteiger partial charge in [0.2, 0.25) is 0 Å². The summed E-state index contributed by atoms with van der Waals surface area (Å²) in [6.07, 6.45) is 1.27. The highest BCUT2D eigenvalue weighted by atomic mass is 16.5. The van der Waals surface area contributed by atoms with Crippen LogP contribution in [0.2, 0.25) is 0 Å². The Balaban J connectivity index is 2.18. The molecule has 1 aliphatic rings. The van der Waals surface area contributed by atoms with Crippen LogP contribution in [-0.4, -0.2) is 39.3 Å². The smallest absolute Gasteiger partial charge is 0.251 e. The molecule has 3 N–H and O–H groups in total. The topological polar surface area (TPSA) is 67.6 Å². The largest absolute Gasteiger partial charge is 0.397 e. The third kappa shape index (κ3) is 2.41. The maximum atomic E-state index is 11.5. The van der Waals surface area contributed by atoms with Crippen LogP contribution < -0.4 is 16.0 Å². The zero-order chi connectivity index (χ0) is 13.1. The van der Waals surface area contributed by atoms with Gasteiger partial charge in [0, 0.05) is 32.8 Å². The zero-order valence-electron chi connectivity index (χ0n) is 10.8. The molecule has 0 radical (unpaired) electrons. The molecule has 18 heavy (non-hydrogen) atoms. The lowest BCUT2D eigenvalue weighted by molar-refractivity contribution is 0.0963. The number of nitrogens with zero attached hydrogens (tertiary/aromatic N) is 1. The molecule has 1 aromatic carbocycles. The average molecular weight is 249 g/mol. The van der Waals surface area contributed by atoms with Gasteiger partial charge in [0.1, 0.15) is 0 Å². The third-order valence-corrected chi connectivity index (χ3v) is 3.34. The molecular formula is C13H19N3O2. The number of rotatable bonds is 3. The van der Waals surface area contributed by atoms with Crippen molar-refractivity contribution in [3.05, 3.63) is 23.8 Å². The first-order valence-corrected chi connectivity index (χ1v) is 6.05. The second kappa shape index (κ2) is 5.27. The maximum absolute atomic E-state index is 11.5. The summed E-state index contributed by atoms with van der Waals surface area (Å²) in [6.45, 7) is 1.78. The third-order valence-electron chi connectivity index (χ3n) is 3.34. The lowest BCUT2D eigenvalue weighted by Gasteiger charge is -2.20. The number of nitrogens with two attached hydrogens (primary N) is 1. The Labute approximate surface area is 107 Å². The first kappa shape index (κ1) is 12.7. The predicted molar refractivity (Wildman–Crippen MR) is 71.9 cm³/mol. The summed E-state index contributed by atoms with van der Waals surface area (Å²) in [7, 11) is 3.34. The Kier molecular flexibility index (Phi) is 3.72. The van der Waals surface area contributed by atoms with Gasteiger partial charge >= 0.3 is 0 Å². The van der Waals surface area contributed by atoms with E-state index in [9.17, 15) is 4.79 Å². The molecule has 1 saturated heterocycles. The number of benzene rings is 1. The fourth-order valence-corrected chi connectivity index (χ4v) is 2.27. The Morgan fingerprint density at radius 3 is 2.89 bits per heavy atom. The molecule has 5 heteroatoms. The van der Waals surface area contributed by atoms with Gasteiger partial charge in [0.25, 0.3) is 5.91 Å². The maximum Gasteiger partial charge on any atom is 0.251 e. The summed E-state index contributed by atoms with van der Waals surface area (Å²) < 4.78 is 5.34. The van der Waals surface area contributed by atoms with Crippen molar-refractivity contribution in [2.75, 3.05) is 37.9 Å². The molecule has 1 heterocycles. The number of amides is 1. The number of carbonyl (C=O) groups is 1. The molecule has 0 saturated carbocycles. The first-order valence-electron chi connectivity index (χ1n) is 6.05. The van der Waals surface area contributed by atoms with Crippen molar-refractivity contribution in [2.24, 2.45) is 0 Å². The highest BCUT2D eigenvalue weighted by Crippen LogP contribution is 2.28. The van der Waals surface area contributed by atoms with E-state index in [1.54, 1.807) is 26.3 Å². The summed E-state index contributed by atoms with van der Waals surface area (Å²) in [6, 6.07) is 5.41. The average Bonchev–Trinajstić information content (AvgIpc) is 2.86. The Bertz CT molecular complexity index is 448. The van der Waals surface area contributed by atoms with E-state index < -0.39 is 0 Å². The van der Waals surface area contributed by atoms with Crippen LogP contribution in [0.15, 0.2) is 18.2 Å². The van der Waals surface area contributed by atoms with Gasteiger partial charge in [-0.05, 0) is 24.6 Å². The molecule has 1 atom stereocenters. The molecule has 5 nitrogen and oxygen atoms in total. The number of hydrogen-bond acceptors (Lipinski definition) is 4. The summed E-state index contributed by atoms with van der Waals surface area (Å²) in [4.78, 5) is 13.7. The molecule has 2 rings (SSSR count). The van der Waals surface area contributed by atoms with Gasteiger partial charge in [-0.2, -0.15) is 0 Å². The molecule has 1 aromatic rings. The number of anilines is 2. The van der Waals surface area contributed by atoms with Gasteiger partial charge in [-0.25, -0.2) is 0 Å². The molecule has 98 valence electrons. The van der Waals surface area contributed by atoms with Gasteiger partial charge < -0.3 is 20.7 Å². The minimum atomic E-state index is -0.121. The van der Waals surface area contributed by atoms with Crippen LogP contribution >= 0.6 is 0 Å². The van der Waals surface area contributed by atoms with E-state index in [0.29, 0.717) is 11.3 Å². The lowest BCUT2D eigenvalue weighted by atomic mass is 10.1. The van der Waals surface area contributed by atoms with Gasteiger partial charge in [-0.1, -0.05) is 0 Å². The predicted octanol–water partition coefficient (Wildman–Crippen LogP) is 0.853. The van der Waals surface area contributed by atoms with E-state index in [-0.39, 0.29) is 12.0 Å². The van der Waals surface area contributed by atoms with Gasteiger partial charge in [0.05, 0.1) is 17.5 Å². The molecule has 1 aliphatic heterocycles. The quantitative estimate of drug-likeness (QED) is 0.779. The lowest BCUT2D eigenvalue weighted by Crippen LogP contribution is -2.23. The minimum absolute atomic E-state index is 0.121. The van der Waals surface area contributed by atoms with Crippen LogP contribution in [0.5, 0.6) is 0 Å². The molecular weight excluding hydrogens is 230 g/mol. The molecule has 0 aliphatic carbocycles. The second-order valence-corrected chi connectivity index (χ2v) is 4.45. The van der Waals surface area contributed by atoms with E-state index in [1.807, 2.05) is 6.07 Å². The van der Waals surface area contributed by atoms with Crippen molar-refractivity contribution in [3.63, 3.8) is 0 Å². The number of hydrogen-bond donors (Lipinski definition) is 2. The van der Waals surface area contributed by atoms with E-state index in [0.717, 1.165) is 25.2 Å². The van der Waals surface area contributed by atoms with E-state index in [1.165, 1.54) is 0 Å². The number of ether oxygens (including phenoxy) is 1. The summed E-state index contributed by atoms with van der Waals surface area (Å²) >= 11 is 0. The number of methoxy groups -OCH3 is 1. The van der Waals surface area contributed by atoms with Crippen LogP contribution in [0.4, 0.5) is 11.4 Å². The molecule has 0 spiro atoms. The summed E-state index contributed by atoms with van der Waals surface area (Å²) in [5, 5.41) is 2.59. The highest BCUT2D eigenvalue weighted by Gasteiger charge is 2.23. The Morgan fingerprint density at radius 2 is 2.33 bits per heavy atom. The van der Waals surface area contributed by atoms with Crippen LogP contribution in [0.25, 0.3) is 0 Å². The summed E-state index contributed by atoms with van der Waals surface area (Å²) in [5.41, 5.74) is 8.21. The normalized spacial score (nSPS) is 19.0. The Hall–Kier alpha value is -1.75. The molecule has 0 bridgehead atoms. The van der Waals surface area contributed by atoms with Crippen molar-refractivity contribution in [1.82, 2.24) is 5.32 Å². The zero-order valence-corrected chi connectivity index (χ0v) is 10.8. The van der Waals surface area contributed by atoms with Crippen molar-refractivity contribution in [2.45, 2.75) is 12.5 Å². The number of carbonyl (C=O) groups excluding carboxylic acids is 1. The second-order valence-electron chi connectivity index (χ2n) is 4.45.